The van der Waals surface area contributed by atoms with Crippen molar-refractivity contribution in [3.63, 3.8) is 0 Å². The van der Waals surface area contributed by atoms with Gasteiger partial charge in [-0.25, -0.2) is 0 Å². The first kappa shape index (κ1) is 23.6. The number of hydrogen-bond donors (Lipinski definition) is 3. The Morgan fingerprint density at radius 1 is 1.10 bits per heavy atom. The normalized spacial score (nSPS) is 19.1. The summed E-state index contributed by atoms with van der Waals surface area (Å²) in [6, 6.07) is 8.67. The Morgan fingerprint density at radius 2 is 1.72 bits per heavy atom. The van der Waals surface area contributed by atoms with E-state index in [-0.39, 0.29) is 5.41 Å². The fourth-order valence-corrected chi connectivity index (χ4v) is 3.46. The third-order valence-electron chi connectivity index (χ3n) is 5.64. The molecule has 0 bridgehead atoms. The largest absolute Gasteiger partial charge is 0.387 e. The third kappa shape index (κ3) is 7.61. The van der Waals surface area contributed by atoms with Crippen molar-refractivity contribution in [1.82, 2.24) is 20.4 Å². The maximum atomic E-state index is 10.6. The molecular weight excluding hydrogens is 362 g/mol. The molecule has 2 unspecified atom stereocenters. The van der Waals surface area contributed by atoms with Crippen LogP contribution >= 0.6 is 0 Å². The molecule has 1 aliphatic heterocycles. The predicted octanol–water partition coefficient (Wildman–Crippen LogP) is 2.21. The van der Waals surface area contributed by atoms with Crippen molar-refractivity contribution < 1.29 is 5.11 Å². The summed E-state index contributed by atoms with van der Waals surface area (Å²) in [4.78, 5) is 9.61. The van der Waals surface area contributed by atoms with Crippen molar-refractivity contribution in [2.24, 2.45) is 4.99 Å². The van der Waals surface area contributed by atoms with Crippen LogP contribution in [0.2, 0.25) is 0 Å². The summed E-state index contributed by atoms with van der Waals surface area (Å²) in [6.07, 6.45) is -0.567. The second-order valence-corrected chi connectivity index (χ2v) is 9.18. The maximum absolute atomic E-state index is 10.6. The first-order chi connectivity index (χ1) is 13.7. The van der Waals surface area contributed by atoms with Gasteiger partial charge >= 0.3 is 0 Å². The Morgan fingerprint density at radius 3 is 2.28 bits per heavy atom. The van der Waals surface area contributed by atoms with Gasteiger partial charge in [0, 0.05) is 45.3 Å². The lowest BCUT2D eigenvalue weighted by Gasteiger charge is -2.35. The van der Waals surface area contributed by atoms with Crippen molar-refractivity contribution in [2.75, 3.05) is 52.9 Å². The standard InChI is InChI=1S/C23H41N5O/c1-7-24-22(25-16-18(2)28-14-12-27(6)13-15-28)26-17-21(29)19-8-10-20(11-9-19)23(3,4)5/h8-11,18,21,29H,7,12-17H2,1-6H3,(H2,24,25,26). The Labute approximate surface area is 177 Å². The first-order valence-electron chi connectivity index (χ1n) is 10.9. The minimum Gasteiger partial charge on any atom is -0.387 e. The molecule has 0 spiro atoms. The van der Waals surface area contributed by atoms with E-state index in [1.807, 2.05) is 12.1 Å². The Kier molecular flexibility index (Phi) is 8.93. The summed E-state index contributed by atoms with van der Waals surface area (Å²) in [5.41, 5.74) is 2.31. The highest BCUT2D eigenvalue weighted by atomic mass is 16.3. The van der Waals surface area contributed by atoms with E-state index in [2.05, 4.69) is 74.2 Å². The predicted molar refractivity (Wildman–Crippen MR) is 123 cm³/mol. The van der Waals surface area contributed by atoms with Gasteiger partial charge in [0.2, 0.25) is 0 Å². The SMILES string of the molecule is CCNC(=NCC(C)N1CCN(C)CC1)NCC(O)c1ccc(C(C)(C)C)cc1. The van der Waals surface area contributed by atoms with Crippen molar-refractivity contribution in [3.05, 3.63) is 35.4 Å². The van der Waals surface area contributed by atoms with Gasteiger partial charge in [-0.1, -0.05) is 45.0 Å². The second kappa shape index (κ2) is 11.0. The van der Waals surface area contributed by atoms with Crippen molar-refractivity contribution in [3.8, 4) is 0 Å². The molecule has 0 aromatic heterocycles. The number of piperazine rings is 1. The van der Waals surface area contributed by atoms with Gasteiger partial charge in [-0.3, -0.25) is 9.89 Å². The molecule has 1 fully saturated rings. The zero-order chi connectivity index (χ0) is 21.4. The molecule has 2 rings (SSSR count). The van der Waals surface area contributed by atoms with Gasteiger partial charge in [0.25, 0.3) is 0 Å². The molecule has 1 heterocycles. The number of hydrogen-bond acceptors (Lipinski definition) is 4. The van der Waals surface area contributed by atoms with E-state index in [0.29, 0.717) is 12.6 Å². The molecule has 29 heavy (non-hydrogen) atoms. The third-order valence-corrected chi connectivity index (χ3v) is 5.64. The van der Waals surface area contributed by atoms with Gasteiger partial charge in [0.05, 0.1) is 12.6 Å². The number of nitrogens with one attached hydrogen (secondary N) is 2. The molecule has 1 aromatic rings. The summed E-state index contributed by atoms with van der Waals surface area (Å²) in [5, 5.41) is 17.2. The highest BCUT2D eigenvalue weighted by Crippen LogP contribution is 2.23. The van der Waals surface area contributed by atoms with E-state index in [0.717, 1.165) is 50.8 Å². The fourth-order valence-electron chi connectivity index (χ4n) is 3.46. The van der Waals surface area contributed by atoms with Crippen LogP contribution in [0.1, 0.15) is 51.8 Å². The van der Waals surface area contributed by atoms with Gasteiger partial charge in [-0.05, 0) is 37.4 Å². The Bertz CT molecular complexity index is 630. The summed E-state index contributed by atoms with van der Waals surface area (Å²) >= 11 is 0. The summed E-state index contributed by atoms with van der Waals surface area (Å²) in [6.45, 7) is 17.3. The topological polar surface area (TPSA) is 63.1 Å². The van der Waals surface area contributed by atoms with Crippen molar-refractivity contribution in [2.45, 2.75) is 52.2 Å². The number of guanidine groups is 1. The second-order valence-electron chi connectivity index (χ2n) is 9.18. The molecule has 164 valence electrons. The van der Waals surface area contributed by atoms with E-state index in [1.54, 1.807) is 0 Å². The molecule has 1 aliphatic rings. The van der Waals surface area contributed by atoms with Crippen molar-refractivity contribution in [1.29, 1.82) is 0 Å². The van der Waals surface area contributed by atoms with Crippen molar-refractivity contribution >= 4 is 5.96 Å². The Balaban J connectivity index is 1.88. The lowest BCUT2D eigenvalue weighted by atomic mass is 9.86. The van der Waals surface area contributed by atoms with Crippen LogP contribution in [0.15, 0.2) is 29.3 Å². The average Bonchev–Trinajstić information content (AvgIpc) is 2.69. The van der Waals surface area contributed by atoms with E-state index in [9.17, 15) is 5.11 Å². The number of aliphatic hydroxyl groups is 1. The highest BCUT2D eigenvalue weighted by molar-refractivity contribution is 5.79. The molecule has 0 amide bonds. The molecule has 0 aliphatic carbocycles. The van der Waals surface area contributed by atoms with Gasteiger partial charge in [0.1, 0.15) is 0 Å². The van der Waals surface area contributed by atoms with Gasteiger partial charge < -0.3 is 20.6 Å². The number of aliphatic imine (C=N–C) groups is 1. The molecule has 6 heteroatoms. The van der Waals surface area contributed by atoms with Gasteiger partial charge in [-0.2, -0.15) is 0 Å². The number of rotatable bonds is 7. The molecule has 6 nitrogen and oxygen atoms in total. The quantitative estimate of drug-likeness (QED) is 0.481. The van der Waals surface area contributed by atoms with Crippen LogP contribution in [-0.4, -0.2) is 79.8 Å². The van der Waals surface area contributed by atoms with Crippen LogP contribution < -0.4 is 10.6 Å². The van der Waals surface area contributed by atoms with E-state index < -0.39 is 6.10 Å². The number of likely N-dealkylation sites (N-methyl/N-ethyl adjacent to an activating group) is 1. The molecule has 2 atom stereocenters. The van der Waals surface area contributed by atoms with E-state index in [4.69, 9.17) is 4.99 Å². The van der Waals surface area contributed by atoms with Crippen LogP contribution in [0.25, 0.3) is 0 Å². The molecule has 0 saturated carbocycles. The number of benzene rings is 1. The number of aliphatic hydroxyl groups excluding tert-OH is 1. The lowest BCUT2D eigenvalue weighted by molar-refractivity contribution is 0.122. The molecule has 3 N–H and O–H groups in total. The van der Waals surface area contributed by atoms with Crippen LogP contribution in [0.3, 0.4) is 0 Å². The van der Waals surface area contributed by atoms with Gasteiger partial charge in [-0.15, -0.1) is 0 Å². The molecule has 0 radical (unpaired) electrons. The average molecular weight is 404 g/mol. The van der Waals surface area contributed by atoms with Gasteiger partial charge in [0.15, 0.2) is 5.96 Å². The zero-order valence-corrected chi connectivity index (χ0v) is 19.2. The van der Waals surface area contributed by atoms with Crippen LogP contribution in [0.5, 0.6) is 0 Å². The van der Waals surface area contributed by atoms with Crippen LogP contribution in [0.4, 0.5) is 0 Å². The van der Waals surface area contributed by atoms with Crippen LogP contribution in [-0.2, 0) is 5.41 Å². The minimum atomic E-state index is -0.567. The van der Waals surface area contributed by atoms with E-state index >= 15 is 0 Å². The lowest BCUT2D eigenvalue weighted by Crippen LogP contribution is -2.49. The maximum Gasteiger partial charge on any atom is 0.191 e. The fraction of sp³-hybridized carbons (Fsp3) is 0.696. The summed E-state index contributed by atoms with van der Waals surface area (Å²) in [5.74, 6) is 0.763. The van der Waals surface area contributed by atoms with Crippen LogP contribution in [0, 0.1) is 0 Å². The first-order valence-corrected chi connectivity index (χ1v) is 10.9. The molecule has 1 saturated heterocycles. The molecule has 1 aromatic carbocycles. The Hall–Kier alpha value is -1.63. The van der Waals surface area contributed by atoms with E-state index in [1.165, 1.54) is 5.56 Å². The monoisotopic (exact) mass is 403 g/mol. The highest BCUT2D eigenvalue weighted by Gasteiger charge is 2.19. The number of nitrogens with zero attached hydrogens (tertiary/aromatic N) is 3. The summed E-state index contributed by atoms with van der Waals surface area (Å²) < 4.78 is 0. The smallest absolute Gasteiger partial charge is 0.191 e. The zero-order valence-electron chi connectivity index (χ0n) is 19.2. The minimum absolute atomic E-state index is 0.118. The summed E-state index contributed by atoms with van der Waals surface area (Å²) in [7, 11) is 2.18. The molecular formula is C23H41N5O.